The lowest BCUT2D eigenvalue weighted by molar-refractivity contribution is 0.142. The minimum atomic E-state index is -0.929. The number of amides is 1. The molecule has 1 amide bonds. The van der Waals surface area contributed by atoms with Crippen LogP contribution in [-0.2, 0) is 0 Å². The number of pyridine rings is 1. The summed E-state index contributed by atoms with van der Waals surface area (Å²) in [5.74, 6) is 1.45. The van der Waals surface area contributed by atoms with Gasteiger partial charge in [0, 0.05) is 68.1 Å². The van der Waals surface area contributed by atoms with Gasteiger partial charge in [0.15, 0.2) is 0 Å². The molecule has 0 radical (unpaired) electrons. The number of anilines is 4. The number of hydrogen-bond acceptors (Lipinski definition) is 8. The van der Waals surface area contributed by atoms with E-state index in [0.29, 0.717) is 50.9 Å². The zero-order valence-corrected chi connectivity index (χ0v) is 19.3. The van der Waals surface area contributed by atoms with Crippen molar-refractivity contribution in [2.45, 2.75) is 0 Å². The van der Waals surface area contributed by atoms with Gasteiger partial charge in [-0.2, -0.15) is 4.98 Å². The molecule has 3 aliphatic heterocycles. The van der Waals surface area contributed by atoms with Crippen molar-refractivity contribution in [1.29, 1.82) is 0 Å². The average Bonchev–Trinajstić information content (AvgIpc) is 3.40. The molecule has 1 aromatic carbocycles. The Morgan fingerprint density at radius 1 is 1.06 bits per heavy atom. The number of fused-ring (bicyclic) bond motifs is 3. The largest absolute Gasteiger partial charge is 0.465 e. The molecule has 182 valence electrons. The van der Waals surface area contributed by atoms with Crippen LogP contribution in [0.4, 0.5) is 32.3 Å². The highest BCUT2D eigenvalue weighted by atomic mass is 19.1. The Morgan fingerprint density at radius 2 is 1.86 bits per heavy atom. The molecule has 5 heterocycles. The van der Waals surface area contributed by atoms with Crippen LogP contribution in [0.1, 0.15) is 11.1 Å². The molecular weight excluding hydrogens is 463 g/mol. The highest BCUT2D eigenvalue weighted by Crippen LogP contribution is 2.35. The first-order chi connectivity index (χ1) is 17.6. The van der Waals surface area contributed by atoms with Crippen molar-refractivity contribution in [3.05, 3.63) is 65.9 Å². The smallest absolute Gasteiger partial charge is 0.407 e. The minimum absolute atomic E-state index is 0.266. The Kier molecular flexibility index (Phi) is 5.44. The predicted molar refractivity (Wildman–Crippen MR) is 135 cm³/mol. The number of halogens is 1. The Morgan fingerprint density at radius 3 is 2.61 bits per heavy atom. The van der Waals surface area contributed by atoms with E-state index in [2.05, 4.69) is 30.2 Å². The number of benzene rings is 1. The second-order valence-electron chi connectivity index (χ2n) is 8.67. The lowest BCUT2D eigenvalue weighted by atomic mass is 10.00. The maximum atomic E-state index is 15.0. The fourth-order valence-electron chi connectivity index (χ4n) is 4.69. The van der Waals surface area contributed by atoms with Gasteiger partial charge in [-0.05, 0) is 42.0 Å². The molecule has 36 heavy (non-hydrogen) atoms. The SMILES string of the molecule is O=C(O)N1CCN(c2ccc(Nc3ncc4c(n3)N3CCN=C3C(c3ccncc3)=C4)c(F)c2)CC1. The summed E-state index contributed by atoms with van der Waals surface area (Å²) >= 11 is 0. The lowest BCUT2D eigenvalue weighted by Gasteiger charge is -2.34. The van der Waals surface area contributed by atoms with Crippen molar-refractivity contribution in [1.82, 2.24) is 19.9 Å². The number of aromatic nitrogens is 3. The molecule has 0 atom stereocenters. The van der Waals surface area contributed by atoms with E-state index >= 15 is 0 Å². The Hall–Kier alpha value is -4.54. The van der Waals surface area contributed by atoms with Gasteiger partial charge >= 0.3 is 6.09 Å². The minimum Gasteiger partial charge on any atom is -0.465 e. The first kappa shape index (κ1) is 22.0. The maximum absolute atomic E-state index is 15.0. The van der Waals surface area contributed by atoms with Crippen LogP contribution in [-0.4, -0.2) is 76.2 Å². The molecule has 1 saturated heterocycles. The van der Waals surface area contributed by atoms with E-state index in [9.17, 15) is 9.18 Å². The molecular formula is C25H23FN8O2. The number of rotatable bonds is 4. The Balaban J connectivity index is 1.23. The average molecular weight is 487 g/mol. The van der Waals surface area contributed by atoms with Crippen LogP contribution in [0.2, 0.25) is 0 Å². The molecule has 10 nitrogen and oxygen atoms in total. The molecule has 0 spiro atoms. The second kappa shape index (κ2) is 8.91. The summed E-state index contributed by atoms with van der Waals surface area (Å²) in [6.45, 7) is 3.18. The third kappa shape index (κ3) is 3.98. The summed E-state index contributed by atoms with van der Waals surface area (Å²) < 4.78 is 15.0. The van der Waals surface area contributed by atoms with E-state index < -0.39 is 11.9 Å². The van der Waals surface area contributed by atoms with Gasteiger partial charge in [-0.15, -0.1) is 0 Å². The topological polar surface area (TPSA) is 110 Å². The van der Waals surface area contributed by atoms with E-state index in [4.69, 9.17) is 5.11 Å². The summed E-state index contributed by atoms with van der Waals surface area (Å²) in [5, 5.41) is 12.1. The van der Waals surface area contributed by atoms with E-state index in [-0.39, 0.29) is 5.69 Å². The molecule has 0 aliphatic carbocycles. The zero-order chi connectivity index (χ0) is 24.6. The molecule has 3 aromatic rings. The van der Waals surface area contributed by atoms with Crippen LogP contribution in [0.25, 0.3) is 11.6 Å². The molecule has 6 rings (SSSR count). The van der Waals surface area contributed by atoms with Gasteiger partial charge in [-0.25, -0.2) is 14.2 Å². The molecule has 11 heteroatoms. The van der Waals surface area contributed by atoms with Crippen LogP contribution in [0.15, 0.2) is 53.9 Å². The molecule has 1 fully saturated rings. The third-order valence-electron chi connectivity index (χ3n) is 6.54. The fourth-order valence-corrected chi connectivity index (χ4v) is 4.69. The van der Waals surface area contributed by atoms with Crippen LogP contribution < -0.4 is 15.1 Å². The molecule has 3 aliphatic rings. The van der Waals surface area contributed by atoms with E-state index in [0.717, 1.165) is 28.4 Å². The highest BCUT2D eigenvalue weighted by Gasteiger charge is 2.30. The van der Waals surface area contributed by atoms with Gasteiger partial charge in [0.1, 0.15) is 17.5 Å². The zero-order valence-electron chi connectivity index (χ0n) is 19.3. The van der Waals surface area contributed by atoms with Crippen molar-refractivity contribution in [3.63, 3.8) is 0 Å². The summed E-state index contributed by atoms with van der Waals surface area (Å²) in [6, 6.07) is 8.82. The van der Waals surface area contributed by atoms with Crippen molar-refractivity contribution in [3.8, 4) is 0 Å². The number of carboxylic acid groups (broad SMARTS) is 1. The lowest BCUT2D eigenvalue weighted by Crippen LogP contribution is -2.48. The van der Waals surface area contributed by atoms with Crippen molar-refractivity contribution >= 4 is 46.7 Å². The van der Waals surface area contributed by atoms with Crippen LogP contribution >= 0.6 is 0 Å². The van der Waals surface area contributed by atoms with Crippen molar-refractivity contribution in [2.24, 2.45) is 4.99 Å². The molecule has 0 saturated carbocycles. The first-order valence-electron chi connectivity index (χ1n) is 11.7. The third-order valence-corrected chi connectivity index (χ3v) is 6.54. The molecule has 2 aromatic heterocycles. The van der Waals surface area contributed by atoms with Gasteiger partial charge in [0.05, 0.1) is 12.2 Å². The van der Waals surface area contributed by atoms with Gasteiger partial charge in [-0.1, -0.05) is 0 Å². The number of nitrogens with zero attached hydrogens (tertiary/aromatic N) is 7. The van der Waals surface area contributed by atoms with Gasteiger partial charge in [-0.3, -0.25) is 9.98 Å². The standard InChI is InChI=1S/C25H23FN8O2/c26-20-14-18(32-9-11-33(12-10-32)25(35)36)1-2-21(20)30-24-29-15-17-13-19(16-3-5-27-6-4-16)23-28-7-8-34(23)22(17)31-24/h1-6,13-15H,7-12H2,(H,35,36)(H,29,30,31). The first-order valence-corrected chi connectivity index (χ1v) is 11.7. The van der Waals surface area contributed by atoms with Crippen LogP contribution in [0.5, 0.6) is 0 Å². The maximum Gasteiger partial charge on any atom is 0.407 e. The van der Waals surface area contributed by atoms with E-state index in [1.165, 1.54) is 11.0 Å². The number of aliphatic imine (C=N–C) groups is 1. The molecule has 0 unspecified atom stereocenters. The number of piperazine rings is 1. The van der Waals surface area contributed by atoms with Gasteiger partial charge in [0.2, 0.25) is 5.95 Å². The molecule has 0 bridgehead atoms. The van der Waals surface area contributed by atoms with Crippen LogP contribution in [0, 0.1) is 5.82 Å². The fraction of sp³-hybridized carbons (Fsp3) is 0.240. The second-order valence-corrected chi connectivity index (χ2v) is 8.67. The quantitative estimate of drug-likeness (QED) is 0.578. The summed E-state index contributed by atoms with van der Waals surface area (Å²) in [5.41, 5.74) is 3.86. The Labute approximate surface area is 206 Å². The van der Waals surface area contributed by atoms with Crippen LogP contribution in [0.3, 0.4) is 0 Å². The number of carbonyl (C=O) groups is 1. The van der Waals surface area contributed by atoms with Crippen molar-refractivity contribution < 1.29 is 14.3 Å². The van der Waals surface area contributed by atoms with E-state index in [1.54, 1.807) is 24.7 Å². The normalized spacial score (nSPS) is 16.8. The van der Waals surface area contributed by atoms with E-state index in [1.807, 2.05) is 29.2 Å². The predicted octanol–water partition coefficient (Wildman–Crippen LogP) is 3.33. The van der Waals surface area contributed by atoms with Gasteiger partial charge < -0.3 is 25.1 Å². The number of hydrogen-bond donors (Lipinski definition) is 2. The number of nitrogens with one attached hydrogen (secondary N) is 1. The highest BCUT2D eigenvalue weighted by molar-refractivity contribution is 6.35. The molecule has 2 N–H and O–H groups in total. The van der Waals surface area contributed by atoms with Crippen molar-refractivity contribution in [2.75, 3.05) is 54.4 Å². The monoisotopic (exact) mass is 486 g/mol. The summed E-state index contributed by atoms with van der Waals surface area (Å²) in [7, 11) is 0. The Bertz CT molecular complexity index is 1390. The number of amidine groups is 1. The van der Waals surface area contributed by atoms with Gasteiger partial charge in [0.25, 0.3) is 0 Å². The summed E-state index contributed by atoms with van der Waals surface area (Å²) in [6.07, 6.45) is 6.33. The summed E-state index contributed by atoms with van der Waals surface area (Å²) in [4.78, 5) is 34.4.